The summed E-state index contributed by atoms with van der Waals surface area (Å²) in [4.78, 5) is 17.4. The van der Waals surface area contributed by atoms with E-state index in [-0.39, 0.29) is 11.8 Å². The number of nitrogens with one attached hydrogen (secondary N) is 1. The van der Waals surface area contributed by atoms with E-state index in [1.807, 2.05) is 42.6 Å². The van der Waals surface area contributed by atoms with E-state index < -0.39 is 0 Å². The molecule has 0 aliphatic heterocycles. The summed E-state index contributed by atoms with van der Waals surface area (Å²) in [5, 5.41) is 3.06. The van der Waals surface area contributed by atoms with Crippen molar-refractivity contribution in [3.63, 3.8) is 0 Å². The Hall–Kier alpha value is -3.02. The molecule has 0 fully saturated rings. The molecular formula is C21H23N3O3. The number of methoxy groups -OCH3 is 2. The Balaban J connectivity index is 1.44. The lowest BCUT2D eigenvalue weighted by molar-refractivity contribution is -0.125. The number of amides is 1. The van der Waals surface area contributed by atoms with Gasteiger partial charge in [0.2, 0.25) is 5.91 Å². The van der Waals surface area contributed by atoms with Gasteiger partial charge in [0, 0.05) is 30.8 Å². The summed E-state index contributed by atoms with van der Waals surface area (Å²) in [6, 6.07) is 11.7. The summed E-state index contributed by atoms with van der Waals surface area (Å²) in [5.74, 6) is 1.40. The van der Waals surface area contributed by atoms with Crippen LogP contribution in [0, 0.1) is 5.92 Å². The fourth-order valence-electron chi connectivity index (χ4n) is 3.71. The molecule has 1 unspecified atom stereocenters. The Bertz CT molecular complexity index is 980. The van der Waals surface area contributed by atoms with Gasteiger partial charge < -0.3 is 19.2 Å². The molecule has 1 aromatic carbocycles. The van der Waals surface area contributed by atoms with Gasteiger partial charge in [0.1, 0.15) is 5.65 Å². The predicted molar refractivity (Wildman–Crippen MR) is 102 cm³/mol. The number of ether oxygens (including phenoxy) is 2. The van der Waals surface area contributed by atoms with Gasteiger partial charge >= 0.3 is 0 Å². The van der Waals surface area contributed by atoms with Crippen LogP contribution in [0.3, 0.4) is 0 Å². The lowest BCUT2D eigenvalue weighted by atomic mass is 9.89. The lowest BCUT2D eigenvalue weighted by Crippen LogP contribution is -2.34. The molecule has 27 heavy (non-hydrogen) atoms. The number of carbonyl (C=O) groups is 1. The molecule has 0 spiro atoms. The first-order valence-corrected chi connectivity index (χ1v) is 9.13. The maximum atomic E-state index is 12.7. The molecule has 1 N–H and O–H groups in total. The zero-order valence-electron chi connectivity index (χ0n) is 15.6. The second kappa shape index (κ2) is 7.31. The Morgan fingerprint density at radius 1 is 1.22 bits per heavy atom. The molecule has 4 rings (SSSR count). The van der Waals surface area contributed by atoms with Gasteiger partial charge in [0.25, 0.3) is 0 Å². The van der Waals surface area contributed by atoms with E-state index in [9.17, 15) is 4.79 Å². The SMILES string of the molecule is COc1ccc(CNC(=O)C2CCc3nc4ccccn4c3C2)cc1OC. The standard InChI is InChI=1S/C21H23N3O3/c1-26-18-9-6-14(11-19(18)27-2)13-22-21(25)15-7-8-16-17(12-15)24-10-4-3-5-20(24)23-16/h3-6,9-11,15H,7-8,12-13H2,1-2H3,(H,22,25). The zero-order valence-corrected chi connectivity index (χ0v) is 15.6. The van der Waals surface area contributed by atoms with Crippen LogP contribution in [0.2, 0.25) is 0 Å². The molecule has 0 bridgehead atoms. The van der Waals surface area contributed by atoms with Crippen LogP contribution in [0.25, 0.3) is 5.65 Å². The number of hydrogen-bond donors (Lipinski definition) is 1. The molecule has 6 heteroatoms. The Labute approximate surface area is 158 Å². The van der Waals surface area contributed by atoms with Gasteiger partial charge in [-0.3, -0.25) is 4.79 Å². The number of aryl methyl sites for hydroxylation is 1. The van der Waals surface area contributed by atoms with Crippen LogP contribution >= 0.6 is 0 Å². The van der Waals surface area contributed by atoms with E-state index in [1.54, 1.807) is 14.2 Å². The van der Waals surface area contributed by atoms with E-state index in [0.717, 1.165) is 41.9 Å². The van der Waals surface area contributed by atoms with Crippen molar-refractivity contribution < 1.29 is 14.3 Å². The molecule has 2 aromatic heterocycles. The van der Waals surface area contributed by atoms with Crippen LogP contribution < -0.4 is 14.8 Å². The molecule has 1 amide bonds. The Kier molecular flexibility index (Phi) is 4.71. The molecule has 0 saturated heterocycles. The van der Waals surface area contributed by atoms with Crippen LogP contribution in [-0.2, 0) is 24.2 Å². The van der Waals surface area contributed by atoms with Crippen molar-refractivity contribution in [1.82, 2.24) is 14.7 Å². The normalized spacial score (nSPS) is 16.0. The number of nitrogens with zero attached hydrogens (tertiary/aromatic N) is 2. The average Bonchev–Trinajstić information content (AvgIpc) is 3.09. The molecule has 2 heterocycles. The van der Waals surface area contributed by atoms with Crippen LogP contribution in [0.5, 0.6) is 11.5 Å². The molecular weight excluding hydrogens is 342 g/mol. The summed E-state index contributed by atoms with van der Waals surface area (Å²) in [7, 11) is 3.21. The monoisotopic (exact) mass is 365 g/mol. The third-order valence-corrected chi connectivity index (χ3v) is 5.17. The Morgan fingerprint density at radius 2 is 2.07 bits per heavy atom. The smallest absolute Gasteiger partial charge is 0.223 e. The quantitative estimate of drug-likeness (QED) is 0.755. The van der Waals surface area contributed by atoms with Crippen molar-refractivity contribution in [2.24, 2.45) is 5.92 Å². The number of fused-ring (bicyclic) bond motifs is 3. The van der Waals surface area contributed by atoms with Gasteiger partial charge in [-0.25, -0.2) is 4.98 Å². The van der Waals surface area contributed by atoms with E-state index in [0.29, 0.717) is 18.0 Å². The van der Waals surface area contributed by atoms with Gasteiger partial charge in [0.05, 0.1) is 19.9 Å². The van der Waals surface area contributed by atoms with Gasteiger partial charge in [-0.05, 0) is 42.7 Å². The number of rotatable bonds is 5. The van der Waals surface area contributed by atoms with Crippen molar-refractivity contribution >= 4 is 11.6 Å². The maximum absolute atomic E-state index is 12.7. The fourth-order valence-corrected chi connectivity index (χ4v) is 3.71. The average molecular weight is 365 g/mol. The van der Waals surface area contributed by atoms with Crippen LogP contribution in [0.15, 0.2) is 42.6 Å². The van der Waals surface area contributed by atoms with Crippen molar-refractivity contribution in [1.29, 1.82) is 0 Å². The van der Waals surface area contributed by atoms with E-state index >= 15 is 0 Å². The third kappa shape index (κ3) is 3.35. The van der Waals surface area contributed by atoms with Crippen LogP contribution in [-0.4, -0.2) is 29.5 Å². The largest absolute Gasteiger partial charge is 0.493 e. The van der Waals surface area contributed by atoms with Crippen LogP contribution in [0.4, 0.5) is 0 Å². The number of carbonyl (C=O) groups excluding carboxylic acids is 1. The van der Waals surface area contributed by atoms with Crippen molar-refractivity contribution in [2.75, 3.05) is 14.2 Å². The van der Waals surface area contributed by atoms with E-state index in [2.05, 4.69) is 14.7 Å². The minimum atomic E-state index is -0.0299. The molecule has 140 valence electrons. The van der Waals surface area contributed by atoms with Crippen molar-refractivity contribution in [3.05, 3.63) is 59.5 Å². The third-order valence-electron chi connectivity index (χ3n) is 5.17. The molecule has 0 radical (unpaired) electrons. The highest BCUT2D eigenvalue weighted by Crippen LogP contribution is 2.28. The minimum absolute atomic E-state index is 0.0299. The molecule has 1 aliphatic carbocycles. The maximum Gasteiger partial charge on any atom is 0.223 e. The number of imidazole rings is 1. The van der Waals surface area contributed by atoms with E-state index in [1.165, 1.54) is 0 Å². The summed E-state index contributed by atoms with van der Waals surface area (Å²) < 4.78 is 12.7. The zero-order chi connectivity index (χ0) is 18.8. The number of pyridine rings is 1. The molecule has 6 nitrogen and oxygen atoms in total. The molecule has 1 atom stereocenters. The van der Waals surface area contributed by atoms with Crippen molar-refractivity contribution in [2.45, 2.75) is 25.8 Å². The number of aromatic nitrogens is 2. The minimum Gasteiger partial charge on any atom is -0.493 e. The summed E-state index contributed by atoms with van der Waals surface area (Å²) in [5.41, 5.74) is 4.20. The van der Waals surface area contributed by atoms with Crippen molar-refractivity contribution in [3.8, 4) is 11.5 Å². The highest BCUT2D eigenvalue weighted by atomic mass is 16.5. The molecule has 0 saturated carbocycles. The van der Waals surface area contributed by atoms with Crippen LogP contribution in [0.1, 0.15) is 23.4 Å². The summed E-state index contributed by atoms with van der Waals surface area (Å²) >= 11 is 0. The first kappa shape index (κ1) is 17.4. The van der Waals surface area contributed by atoms with E-state index in [4.69, 9.17) is 9.47 Å². The topological polar surface area (TPSA) is 64.9 Å². The van der Waals surface area contributed by atoms with Gasteiger partial charge in [-0.15, -0.1) is 0 Å². The highest BCUT2D eigenvalue weighted by Gasteiger charge is 2.27. The first-order chi connectivity index (χ1) is 13.2. The lowest BCUT2D eigenvalue weighted by Gasteiger charge is -2.21. The van der Waals surface area contributed by atoms with Gasteiger partial charge in [-0.1, -0.05) is 12.1 Å². The predicted octanol–water partition coefficient (Wildman–Crippen LogP) is 2.77. The summed E-state index contributed by atoms with van der Waals surface area (Å²) in [6.07, 6.45) is 4.41. The number of hydrogen-bond acceptors (Lipinski definition) is 4. The van der Waals surface area contributed by atoms with Gasteiger partial charge in [0.15, 0.2) is 11.5 Å². The second-order valence-corrected chi connectivity index (χ2v) is 6.78. The highest BCUT2D eigenvalue weighted by molar-refractivity contribution is 5.79. The van der Waals surface area contributed by atoms with Gasteiger partial charge in [-0.2, -0.15) is 0 Å². The first-order valence-electron chi connectivity index (χ1n) is 9.13. The number of benzene rings is 1. The Morgan fingerprint density at radius 3 is 2.89 bits per heavy atom. The fraction of sp³-hybridized carbons (Fsp3) is 0.333. The summed E-state index contributed by atoms with van der Waals surface area (Å²) in [6.45, 7) is 0.468. The second-order valence-electron chi connectivity index (χ2n) is 6.78. The molecule has 1 aliphatic rings. The molecule has 3 aromatic rings.